The number of carboxylic acids is 1. The molecular formula is C11H9NO4. The van der Waals surface area contributed by atoms with E-state index >= 15 is 0 Å². The predicted octanol–water partition coefficient (Wildman–Crippen LogP) is 1.95. The number of rotatable bonds is 4. The van der Waals surface area contributed by atoms with Gasteiger partial charge in [-0.3, -0.25) is 0 Å². The van der Waals surface area contributed by atoms with Crippen molar-refractivity contribution in [3.63, 3.8) is 0 Å². The fourth-order valence-electron chi connectivity index (χ4n) is 1.23. The molecule has 0 saturated heterocycles. The first-order chi connectivity index (χ1) is 7.77. The summed E-state index contributed by atoms with van der Waals surface area (Å²) in [6.07, 6.45) is 1.43. The van der Waals surface area contributed by atoms with E-state index in [1.54, 1.807) is 24.3 Å². The average molecular weight is 219 g/mol. The Balaban J connectivity index is 2.12. The maximum absolute atomic E-state index is 10.9. The van der Waals surface area contributed by atoms with Gasteiger partial charge in [-0.25, -0.2) is 4.79 Å². The molecule has 5 nitrogen and oxygen atoms in total. The lowest BCUT2D eigenvalue weighted by Crippen LogP contribution is -2.03. The number of hydrogen-bond acceptors (Lipinski definition) is 4. The van der Waals surface area contributed by atoms with Crippen molar-refractivity contribution in [3.05, 3.63) is 47.9 Å². The molecule has 0 aliphatic rings. The molecule has 1 N–H and O–H groups in total. The summed E-state index contributed by atoms with van der Waals surface area (Å²) in [7, 11) is 0. The molecule has 2 aromatic rings. The second kappa shape index (κ2) is 4.48. The van der Waals surface area contributed by atoms with Crippen molar-refractivity contribution in [3.8, 4) is 5.75 Å². The first kappa shape index (κ1) is 10.2. The van der Waals surface area contributed by atoms with Gasteiger partial charge in [0, 0.05) is 6.07 Å². The Labute approximate surface area is 91.3 Å². The number of para-hydroxylation sites is 1. The van der Waals surface area contributed by atoms with Gasteiger partial charge in [0.05, 0.1) is 0 Å². The minimum absolute atomic E-state index is 0.131. The quantitative estimate of drug-likeness (QED) is 0.850. The molecule has 0 unspecified atom stereocenters. The second-order valence-electron chi connectivity index (χ2n) is 3.08. The van der Waals surface area contributed by atoms with Gasteiger partial charge >= 0.3 is 5.97 Å². The molecule has 0 aliphatic carbocycles. The standard InChI is InChI=1S/C11H9NO4/c13-11(14)9-3-1-2-4-10(9)15-7-8-5-6-16-12-8/h1-6H,7H2,(H,13,14). The van der Waals surface area contributed by atoms with Crippen LogP contribution in [0.3, 0.4) is 0 Å². The van der Waals surface area contributed by atoms with Gasteiger partial charge in [-0.1, -0.05) is 17.3 Å². The normalized spacial score (nSPS) is 10.0. The molecule has 82 valence electrons. The van der Waals surface area contributed by atoms with Gasteiger partial charge in [0.1, 0.15) is 29.9 Å². The molecule has 5 heteroatoms. The minimum Gasteiger partial charge on any atom is -0.486 e. The summed E-state index contributed by atoms with van der Waals surface area (Å²) in [5.41, 5.74) is 0.742. The Morgan fingerprint density at radius 2 is 2.19 bits per heavy atom. The molecule has 16 heavy (non-hydrogen) atoms. The van der Waals surface area contributed by atoms with Crippen LogP contribution in [0, 0.1) is 0 Å². The highest BCUT2D eigenvalue weighted by atomic mass is 16.5. The van der Waals surface area contributed by atoms with Crippen molar-refractivity contribution >= 4 is 5.97 Å². The van der Waals surface area contributed by atoms with Crippen molar-refractivity contribution < 1.29 is 19.2 Å². The molecule has 1 aromatic heterocycles. The van der Waals surface area contributed by atoms with Gasteiger partial charge < -0.3 is 14.4 Å². The van der Waals surface area contributed by atoms with Crippen LogP contribution in [0.2, 0.25) is 0 Å². The molecule has 2 rings (SSSR count). The van der Waals surface area contributed by atoms with Gasteiger partial charge in [-0.15, -0.1) is 0 Å². The third-order valence-corrected chi connectivity index (χ3v) is 1.98. The topological polar surface area (TPSA) is 72.6 Å². The molecule has 0 bridgehead atoms. The van der Waals surface area contributed by atoms with Crippen LogP contribution >= 0.6 is 0 Å². The number of carbonyl (C=O) groups is 1. The lowest BCUT2D eigenvalue weighted by atomic mass is 10.2. The summed E-state index contributed by atoms with van der Waals surface area (Å²) in [6, 6.07) is 8.10. The predicted molar refractivity (Wildman–Crippen MR) is 54.2 cm³/mol. The van der Waals surface area contributed by atoms with Crippen LogP contribution in [0.15, 0.2) is 41.1 Å². The maximum Gasteiger partial charge on any atom is 0.339 e. The number of nitrogens with zero attached hydrogens (tertiary/aromatic N) is 1. The maximum atomic E-state index is 10.9. The van der Waals surface area contributed by atoms with Gasteiger partial charge in [0.2, 0.25) is 0 Å². The number of aromatic nitrogens is 1. The summed E-state index contributed by atoms with van der Waals surface area (Å²) < 4.78 is 9.97. The second-order valence-corrected chi connectivity index (χ2v) is 3.08. The van der Waals surface area contributed by atoms with E-state index in [9.17, 15) is 4.79 Å². The Kier molecular flexibility index (Phi) is 2.86. The molecule has 0 saturated carbocycles. The van der Waals surface area contributed by atoms with Crippen LogP contribution in [0.5, 0.6) is 5.75 Å². The Morgan fingerprint density at radius 3 is 2.88 bits per heavy atom. The van der Waals surface area contributed by atoms with Crippen LogP contribution in [0.25, 0.3) is 0 Å². The molecular weight excluding hydrogens is 210 g/mol. The van der Waals surface area contributed by atoms with Crippen LogP contribution in [0.4, 0.5) is 0 Å². The molecule has 0 fully saturated rings. The minimum atomic E-state index is -1.02. The highest BCUT2D eigenvalue weighted by Crippen LogP contribution is 2.18. The van der Waals surface area contributed by atoms with E-state index in [0.717, 1.165) is 0 Å². The summed E-state index contributed by atoms with van der Waals surface area (Å²) >= 11 is 0. The Morgan fingerprint density at radius 1 is 1.38 bits per heavy atom. The lowest BCUT2D eigenvalue weighted by Gasteiger charge is -2.06. The van der Waals surface area contributed by atoms with Crippen LogP contribution in [-0.2, 0) is 6.61 Å². The van der Waals surface area contributed by atoms with E-state index in [1.165, 1.54) is 12.3 Å². The van der Waals surface area contributed by atoms with Gasteiger partial charge in [-0.05, 0) is 12.1 Å². The molecule has 0 aliphatic heterocycles. The third-order valence-electron chi connectivity index (χ3n) is 1.98. The summed E-state index contributed by atoms with van der Waals surface area (Å²) in [4.78, 5) is 10.9. The van der Waals surface area contributed by atoms with Crippen LogP contribution in [0.1, 0.15) is 16.1 Å². The third kappa shape index (κ3) is 2.20. The first-order valence-electron chi connectivity index (χ1n) is 4.62. The van der Waals surface area contributed by atoms with Gasteiger partial charge in [0.15, 0.2) is 0 Å². The zero-order valence-electron chi connectivity index (χ0n) is 8.29. The highest BCUT2D eigenvalue weighted by molar-refractivity contribution is 5.90. The number of ether oxygens (including phenoxy) is 1. The molecule has 1 heterocycles. The van der Waals surface area contributed by atoms with Crippen molar-refractivity contribution in [2.75, 3.05) is 0 Å². The van der Waals surface area contributed by atoms with Crippen molar-refractivity contribution in [2.24, 2.45) is 0 Å². The molecule has 0 spiro atoms. The number of hydrogen-bond donors (Lipinski definition) is 1. The van der Waals surface area contributed by atoms with Gasteiger partial charge in [0.25, 0.3) is 0 Å². The lowest BCUT2D eigenvalue weighted by molar-refractivity contribution is 0.0691. The van der Waals surface area contributed by atoms with E-state index in [1.807, 2.05) is 0 Å². The van der Waals surface area contributed by atoms with E-state index < -0.39 is 5.97 Å². The van der Waals surface area contributed by atoms with Crippen LogP contribution in [-0.4, -0.2) is 16.2 Å². The number of carboxylic acid groups (broad SMARTS) is 1. The first-order valence-corrected chi connectivity index (χ1v) is 4.62. The fraction of sp³-hybridized carbons (Fsp3) is 0.0909. The summed E-state index contributed by atoms with van der Waals surface area (Å²) in [5, 5.41) is 12.6. The smallest absolute Gasteiger partial charge is 0.339 e. The molecule has 0 amide bonds. The van der Waals surface area contributed by atoms with Crippen molar-refractivity contribution in [1.82, 2.24) is 5.16 Å². The zero-order chi connectivity index (χ0) is 11.4. The van der Waals surface area contributed by atoms with E-state index in [4.69, 9.17) is 9.84 Å². The molecule has 0 radical (unpaired) electrons. The fourth-order valence-corrected chi connectivity index (χ4v) is 1.23. The molecule has 1 aromatic carbocycles. The van der Waals surface area contributed by atoms with E-state index in [2.05, 4.69) is 9.68 Å². The van der Waals surface area contributed by atoms with Gasteiger partial charge in [-0.2, -0.15) is 0 Å². The largest absolute Gasteiger partial charge is 0.486 e. The average Bonchev–Trinajstić information content (AvgIpc) is 2.79. The number of benzene rings is 1. The summed E-state index contributed by atoms with van der Waals surface area (Å²) in [6.45, 7) is 0.181. The summed E-state index contributed by atoms with van der Waals surface area (Å²) in [5.74, 6) is -0.700. The monoisotopic (exact) mass is 219 g/mol. The molecule has 0 atom stereocenters. The Hall–Kier alpha value is -2.30. The van der Waals surface area contributed by atoms with E-state index in [0.29, 0.717) is 11.4 Å². The SMILES string of the molecule is O=C(O)c1ccccc1OCc1ccon1. The van der Waals surface area contributed by atoms with Crippen LogP contribution < -0.4 is 4.74 Å². The van der Waals surface area contributed by atoms with Crippen molar-refractivity contribution in [1.29, 1.82) is 0 Å². The highest BCUT2D eigenvalue weighted by Gasteiger charge is 2.10. The number of aromatic carboxylic acids is 1. The Bertz CT molecular complexity index is 478. The van der Waals surface area contributed by atoms with Crippen molar-refractivity contribution in [2.45, 2.75) is 6.61 Å². The zero-order valence-corrected chi connectivity index (χ0v) is 8.29. The van der Waals surface area contributed by atoms with E-state index in [-0.39, 0.29) is 12.2 Å².